The first-order valence-corrected chi connectivity index (χ1v) is 2.77. The Bertz CT molecular complexity index is 109. The van der Waals surface area contributed by atoms with Gasteiger partial charge in [0.15, 0.2) is 0 Å². The highest BCUT2D eigenvalue weighted by Crippen LogP contribution is 1.87. The van der Waals surface area contributed by atoms with Gasteiger partial charge in [-0.3, -0.25) is 0 Å². The summed E-state index contributed by atoms with van der Waals surface area (Å²) in [5.74, 6) is 0. The molecule has 0 spiro atoms. The van der Waals surface area contributed by atoms with Crippen molar-refractivity contribution in [2.45, 2.75) is 13.0 Å². The lowest BCUT2D eigenvalue weighted by Crippen LogP contribution is -2.11. The van der Waals surface area contributed by atoms with Gasteiger partial charge in [-0.15, -0.1) is 0 Å². The molecule has 0 aliphatic carbocycles. The minimum Gasteiger partial charge on any atom is -0.387 e. The van der Waals surface area contributed by atoms with E-state index < -0.39 is 6.10 Å². The van der Waals surface area contributed by atoms with E-state index >= 15 is 0 Å². The first kappa shape index (κ1) is 7.72. The van der Waals surface area contributed by atoms with Crippen molar-refractivity contribution in [3.8, 4) is 0 Å². The Morgan fingerprint density at radius 1 is 1.88 bits per heavy atom. The van der Waals surface area contributed by atoms with Gasteiger partial charge in [-0.1, -0.05) is 0 Å². The number of nitrogens with one attached hydrogen (secondary N) is 1. The summed E-state index contributed by atoms with van der Waals surface area (Å²) >= 11 is 3.72. The fourth-order valence-corrected chi connectivity index (χ4v) is 0.380. The van der Waals surface area contributed by atoms with E-state index in [1.54, 1.807) is 0 Å². The minimum atomic E-state index is -0.682. The van der Waals surface area contributed by atoms with Gasteiger partial charge in [0.25, 0.3) is 0 Å². The largest absolute Gasteiger partial charge is 0.387 e. The maximum Gasteiger partial charge on any atom is 0.0924 e. The van der Waals surface area contributed by atoms with Crippen LogP contribution in [0.15, 0.2) is 11.5 Å². The van der Waals surface area contributed by atoms with Crippen molar-refractivity contribution >= 4 is 18.3 Å². The van der Waals surface area contributed by atoms with Crippen LogP contribution in [0, 0.1) is 5.41 Å². The molecule has 0 fully saturated rings. The first-order valence-electron chi connectivity index (χ1n) is 2.25. The van der Waals surface area contributed by atoms with Gasteiger partial charge in [0, 0.05) is 0 Å². The fraction of sp³-hybridized carbons (Fsp3) is 0.400. The third-order valence-electron chi connectivity index (χ3n) is 0.704. The summed E-state index contributed by atoms with van der Waals surface area (Å²) in [6.07, 6.45) is 0.756. The van der Waals surface area contributed by atoms with Gasteiger partial charge in [0.1, 0.15) is 0 Å². The van der Waals surface area contributed by atoms with Crippen LogP contribution in [-0.2, 0) is 0 Å². The van der Waals surface area contributed by atoms with Gasteiger partial charge in [-0.2, -0.15) is 12.6 Å². The Labute approximate surface area is 54.1 Å². The molecule has 0 aromatic carbocycles. The van der Waals surface area contributed by atoms with Crippen molar-refractivity contribution in [3.63, 3.8) is 0 Å². The highest BCUT2D eigenvalue weighted by molar-refractivity contribution is 7.83. The van der Waals surface area contributed by atoms with Crippen LogP contribution in [0.4, 0.5) is 0 Å². The lowest BCUT2D eigenvalue weighted by atomic mass is 10.2. The fourth-order valence-electron chi connectivity index (χ4n) is 0.220. The van der Waals surface area contributed by atoms with E-state index in [4.69, 9.17) is 10.5 Å². The zero-order valence-corrected chi connectivity index (χ0v) is 5.52. The van der Waals surface area contributed by atoms with Crippen LogP contribution in [-0.4, -0.2) is 16.9 Å². The summed E-state index contributed by atoms with van der Waals surface area (Å²) in [4.78, 5) is 0. The second-order valence-corrected chi connectivity index (χ2v) is 1.75. The molecule has 0 aromatic rings. The van der Waals surface area contributed by atoms with Crippen molar-refractivity contribution in [2.24, 2.45) is 0 Å². The Balaban J connectivity index is 3.66. The molecule has 2 N–H and O–H groups in total. The monoisotopic (exact) mass is 131 g/mol. The molecule has 0 amide bonds. The van der Waals surface area contributed by atoms with Gasteiger partial charge in [-0.25, -0.2) is 0 Å². The highest BCUT2D eigenvalue weighted by Gasteiger charge is 1.96. The molecule has 3 heteroatoms. The summed E-state index contributed by atoms with van der Waals surface area (Å²) in [5.41, 5.74) is 0.181. The number of thiol groups is 1. The minimum absolute atomic E-state index is 0.181. The number of hydrogen-bond acceptors (Lipinski definition) is 3. The molecule has 0 saturated carbocycles. The standard InChI is InChI=1S/C5H9NOS/c1-4(7)5(6)2-3-8/h2-4,6-8H,1H3/b3-2-,6-5?. The topological polar surface area (TPSA) is 44.1 Å². The van der Waals surface area contributed by atoms with Crippen LogP contribution in [0.3, 0.4) is 0 Å². The molecule has 46 valence electrons. The van der Waals surface area contributed by atoms with E-state index in [0.29, 0.717) is 0 Å². The maximum atomic E-state index is 8.64. The van der Waals surface area contributed by atoms with Gasteiger partial charge in [-0.05, 0) is 18.4 Å². The molecular formula is C5H9NOS. The second kappa shape index (κ2) is 3.69. The lowest BCUT2D eigenvalue weighted by Gasteiger charge is -1.97. The molecule has 1 unspecified atom stereocenters. The Morgan fingerprint density at radius 2 is 2.38 bits per heavy atom. The van der Waals surface area contributed by atoms with E-state index in [1.165, 1.54) is 18.4 Å². The molecule has 0 heterocycles. The smallest absolute Gasteiger partial charge is 0.0924 e. The first-order chi connectivity index (χ1) is 3.68. The zero-order valence-electron chi connectivity index (χ0n) is 4.63. The average Bonchev–Trinajstić information content (AvgIpc) is 1.67. The SMILES string of the molecule is CC(O)C(=N)/C=C\S. The number of rotatable bonds is 2. The lowest BCUT2D eigenvalue weighted by molar-refractivity contribution is 0.262. The molecule has 1 atom stereocenters. The van der Waals surface area contributed by atoms with Gasteiger partial charge in [0.2, 0.25) is 0 Å². The summed E-state index contributed by atoms with van der Waals surface area (Å²) in [6.45, 7) is 1.54. The van der Waals surface area contributed by atoms with E-state index in [-0.39, 0.29) is 5.71 Å². The van der Waals surface area contributed by atoms with Crippen LogP contribution in [0.25, 0.3) is 0 Å². The van der Waals surface area contributed by atoms with Crippen molar-refractivity contribution in [3.05, 3.63) is 11.5 Å². The maximum absolute atomic E-state index is 8.64. The van der Waals surface area contributed by atoms with Gasteiger partial charge in [0.05, 0.1) is 11.8 Å². The van der Waals surface area contributed by atoms with Crippen molar-refractivity contribution in [2.75, 3.05) is 0 Å². The third-order valence-corrected chi connectivity index (χ3v) is 0.853. The van der Waals surface area contributed by atoms with Crippen LogP contribution in [0.2, 0.25) is 0 Å². The Hall–Kier alpha value is -0.280. The van der Waals surface area contributed by atoms with E-state index in [2.05, 4.69) is 12.6 Å². The summed E-state index contributed by atoms with van der Waals surface area (Å²) in [5, 5.41) is 17.0. The molecule has 8 heavy (non-hydrogen) atoms. The second-order valence-electron chi connectivity index (χ2n) is 1.45. The predicted molar refractivity (Wildman–Crippen MR) is 37.5 cm³/mol. The van der Waals surface area contributed by atoms with E-state index in [1.807, 2.05) is 0 Å². The summed E-state index contributed by atoms with van der Waals surface area (Å²) < 4.78 is 0. The van der Waals surface area contributed by atoms with Crippen LogP contribution in [0.1, 0.15) is 6.92 Å². The number of hydrogen-bond donors (Lipinski definition) is 3. The highest BCUT2D eigenvalue weighted by atomic mass is 32.1. The molecule has 0 aliphatic rings. The predicted octanol–water partition coefficient (Wildman–Crippen LogP) is 0.830. The molecule has 0 aromatic heterocycles. The Morgan fingerprint density at radius 3 is 2.50 bits per heavy atom. The van der Waals surface area contributed by atoms with Crippen LogP contribution < -0.4 is 0 Å². The average molecular weight is 131 g/mol. The normalized spacial score (nSPS) is 14.4. The molecule has 0 aliphatic heterocycles. The number of aliphatic hydroxyl groups excluding tert-OH is 1. The summed E-state index contributed by atoms with van der Waals surface area (Å²) in [7, 11) is 0. The Kier molecular flexibility index (Phi) is 3.56. The van der Waals surface area contributed by atoms with E-state index in [0.717, 1.165) is 0 Å². The van der Waals surface area contributed by atoms with Crippen molar-refractivity contribution in [1.29, 1.82) is 5.41 Å². The molecular weight excluding hydrogens is 122 g/mol. The molecule has 0 radical (unpaired) electrons. The summed E-state index contributed by atoms with van der Waals surface area (Å²) in [6, 6.07) is 0. The third kappa shape index (κ3) is 2.82. The molecule has 0 rings (SSSR count). The van der Waals surface area contributed by atoms with Gasteiger partial charge < -0.3 is 10.5 Å². The molecule has 0 bridgehead atoms. The van der Waals surface area contributed by atoms with Crippen LogP contribution >= 0.6 is 12.6 Å². The van der Waals surface area contributed by atoms with Crippen molar-refractivity contribution < 1.29 is 5.11 Å². The number of aliphatic hydroxyl groups is 1. The quantitative estimate of drug-likeness (QED) is 0.377. The van der Waals surface area contributed by atoms with E-state index in [9.17, 15) is 0 Å². The van der Waals surface area contributed by atoms with Gasteiger partial charge >= 0.3 is 0 Å². The molecule has 0 saturated heterocycles. The zero-order chi connectivity index (χ0) is 6.57. The molecule has 2 nitrogen and oxygen atoms in total. The van der Waals surface area contributed by atoms with Crippen LogP contribution in [0.5, 0.6) is 0 Å². The van der Waals surface area contributed by atoms with Crippen molar-refractivity contribution in [1.82, 2.24) is 0 Å².